The van der Waals surface area contributed by atoms with Gasteiger partial charge in [0.25, 0.3) is 0 Å². The van der Waals surface area contributed by atoms with Crippen molar-refractivity contribution in [1.29, 1.82) is 5.26 Å². The number of nitrogen functional groups attached to an aromatic ring is 1. The zero-order chi connectivity index (χ0) is 12.8. The van der Waals surface area contributed by atoms with Gasteiger partial charge in [0, 0.05) is 5.39 Å². The van der Waals surface area contributed by atoms with Crippen LogP contribution >= 0.6 is 0 Å². The molecule has 0 aliphatic heterocycles. The van der Waals surface area contributed by atoms with Gasteiger partial charge in [0.15, 0.2) is 0 Å². The van der Waals surface area contributed by atoms with Crippen LogP contribution < -0.4 is 5.73 Å². The zero-order valence-corrected chi connectivity index (χ0v) is 8.19. The Balaban J connectivity index is 2.85. The van der Waals surface area contributed by atoms with Gasteiger partial charge in [-0.3, -0.25) is 0 Å². The minimum atomic E-state index is -4.67. The van der Waals surface area contributed by atoms with E-state index >= 15 is 0 Å². The molecule has 0 spiro atoms. The number of anilines is 1. The Kier molecular flexibility index (Phi) is 2.24. The average Bonchev–Trinajstić information content (AvgIpc) is 2.53. The van der Waals surface area contributed by atoms with Crippen LogP contribution in [-0.2, 0) is 6.18 Å². The molecule has 3 N–H and O–H groups in total. The molecule has 1 aromatic carbocycles. The summed E-state index contributed by atoms with van der Waals surface area (Å²) in [6.07, 6.45) is -4.67. The highest BCUT2D eigenvalue weighted by atomic mass is 19.4. The molecule has 0 radical (unpaired) electrons. The second-order valence-electron chi connectivity index (χ2n) is 3.40. The Hall–Kier alpha value is -2.23. The van der Waals surface area contributed by atoms with E-state index in [2.05, 4.69) is 4.98 Å². The van der Waals surface area contributed by atoms with Gasteiger partial charge in [0.1, 0.15) is 23.3 Å². The monoisotopic (exact) mass is 243 g/mol. The lowest BCUT2D eigenvalue weighted by Crippen LogP contribution is -2.05. The Labute approximate surface area is 92.4 Å². The first-order valence-corrected chi connectivity index (χ1v) is 4.42. The van der Waals surface area contributed by atoms with Crippen molar-refractivity contribution in [2.75, 3.05) is 5.73 Å². The fourth-order valence-corrected chi connectivity index (χ4v) is 1.56. The Morgan fingerprint density at radius 2 is 1.94 bits per heavy atom. The van der Waals surface area contributed by atoms with E-state index in [1.54, 1.807) is 6.07 Å². The molecule has 0 amide bonds. The molecule has 3 nitrogen and oxygen atoms in total. The lowest BCUT2D eigenvalue weighted by molar-refractivity contribution is -0.137. The van der Waals surface area contributed by atoms with Crippen LogP contribution in [0.15, 0.2) is 12.1 Å². The predicted molar refractivity (Wildman–Crippen MR) is 52.4 cm³/mol. The third-order valence-corrected chi connectivity index (χ3v) is 2.33. The summed E-state index contributed by atoms with van der Waals surface area (Å²) in [4.78, 5) is 2.34. The SMILES string of the molecule is N#Cc1c(N)[nH]c2c(F)cc(C(F)(F)F)cc12. The third kappa shape index (κ3) is 1.67. The summed E-state index contributed by atoms with van der Waals surface area (Å²) in [5.74, 6) is -1.25. The number of aromatic amines is 1. The molecular weight excluding hydrogens is 238 g/mol. The lowest BCUT2D eigenvalue weighted by atomic mass is 10.1. The van der Waals surface area contributed by atoms with Crippen molar-refractivity contribution in [1.82, 2.24) is 4.98 Å². The van der Waals surface area contributed by atoms with Crippen molar-refractivity contribution in [2.45, 2.75) is 6.18 Å². The van der Waals surface area contributed by atoms with Gasteiger partial charge in [-0.1, -0.05) is 0 Å². The normalized spacial score (nSPS) is 11.7. The second kappa shape index (κ2) is 3.38. The molecule has 0 saturated carbocycles. The maximum absolute atomic E-state index is 13.4. The van der Waals surface area contributed by atoms with Gasteiger partial charge in [0.2, 0.25) is 0 Å². The van der Waals surface area contributed by atoms with E-state index in [-0.39, 0.29) is 22.3 Å². The number of nitrogens with two attached hydrogens (primary N) is 1. The highest BCUT2D eigenvalue weighted by molar-refractivity contribution is 5.92. The molecule has 17 heavy (non-hydrogen) atoms. The highest BCUT2D eigenvalue weighted by Crippen LogP contribution is 2.34. The fourth-order valence-electron chi connectivity index (χ4n) is 1.56. The molecule has 2 aromatic rings. The zero-order valence-electron chi connectivity index (χ0n) is 8.19. The van der Waals surface area contributed by atoms with Crippen LogP contribution in [-0.4, -0.2) is 4.98 Å². The predicted octanol–water partition coefficient (Wildman–Crippen LogP) is 2.78. The summed E-state index contributed by atoms with van der Waals surface area (Å²) in [6, 6.07) is 2.69. The largest absolute Gasteiger partial charge is 0.416 e. The van der Waals surface area contributed by atoms with Crippen LogP contribution in [0.5, 0.6) is 0 Å². The Morgan fingerprint density at radius 3 is 2.47 bits per heavy atom. The first-order valence-electron chi connectivity index (χ1n) is 4.42. The molecule has 88 valence electrons. The summed E-state index contributed by atoms with van der Waals surface area (Å²) >= 11 is 0. The van der Waals surface area contributed by atoms with Crippen LogP contribution in [0.4, 0.5) is 23.4 Å². The molecule has 2 rings (SSSR count). The van der Waals surface area contributed by atoms with Gasteiger partial charge in [-0.15, -0.1) is 0 Å². The third-order valence-electron chi connectivity index (χ3n) is 2.33. The molecule has 0 fully saturated rings. The maximum atomic E-state index is 13.4. The maximum Gasteiger partial charge on any atom is 0.416 e. The summed E-state index contributed by atoms with van der Waals surface area (Å²) < 4.78 is 50.8. The lowest BCUT2D eigenvalue weighted by Gasteiger charge is -2.06. The number of nitrogens with one attached hydrogen (secondary N) is 1. The van der Waals surface area contributed by atoms with Crippen molar-refractivity contribution < 1.29 is 17.6 Å². The molecular formula is C10H5F4N3. The molecule has 1 aromatic heterocycles. The van der Waals surface area contributed by atoms with Crippen molar-refractivity contribution in [2.24, 2.45) is 0 Å². The van der Waals surface area contributed by atoms with Crippen LogP contribution in [0.3, 0.4) is 0 Å². The Bertz CT molecular complexity index is 634. The molecule has 0 unspecified atom stereocenters. The number of nitrogens with zero attached hydrogens (tertiary/aromatic N) is 1. The number of benzene rings is 1. The molecule has 1 heterocycles. The van der Waals surface area contributed by atoms with Gasteiger partial charge in [-0.2, -0.15) is 18.4 Å². The summed E-state index contributed by atoms with van der Waals surface area (Å²) in [5, 5.41) is 8.57. The molecule has 7 heteroatoms. The smallest absolute Gasteiger partial charge is 0.384 e. The van der Waals surface area contributed by atoms with E-state index < -0.39 is 17.6 Å². The minimum Gasteiger partial charge on any atom is -0.384 e. The van der Waals surface area contributed by atoms with Crippen molar-refractivity contribution in [3.63, 3.8) is 0 Å². The molecule has 0 aliphatic carbocycles. The van der Waals surface area contributed by atoms with Crippen molar-refractivity contribution in [3.05, 3.63) is 29.1 Å². The Morgan fingerprint density at radius 1 is 1.29 bits per heavy atom. The number of hydrogen-bond acceptors (Lipinski definition) is 2. The molecule has 0 saturated heterocycles. The van der Waals surface area contributed by atoms with Crippen LogP contribution in [0, 0.1) is 17.1 Å². The number of hydrogen-bond donors (Lipinski definition) is 2. The van der Waals surface area contributed by atoms with Crippen LogP contribution in [0.25, 0.3) is 10.9 Å². The van der Waals surface area contributed by atoms with E-state index in [4.69, 9.17) is 11.0 Å². The minimum absolute atomic E-state index is 0.152. The number of fused-ring (bicyclic) bond motifs is 1. The van der Waals surface area contributed by atoms with E-state index in [1.165, 1.54) is 0 Å². The van der Waals surface area contributed by atoms with Gasteiger partial charge in [0.05, 0.1) is 11.1 Å². The quantitative estimate of drug-likeness (QED) is 0.698. The number of nitriles is 1. The fraction of sp³-hybridized carbons (Fsp3) is 0.100. The summed E-state index contributed by atoms with van der Waals surface area (Å²) in [5.41, 5.74) is 3.82. The number of alkyl halides is 3. The molecule has 0 atom stereocenters. The first-order chi connectivity index (χ1) is 7.84. The second-order valence-corrected chi connectivity index (χ2v) is 3.40. The van der Waals surface area contributed by atoms with Crippen LogP contribution in [0.1, 0.15) is 11.1 Å². The molecule has 0 bridgehead atoms. The van der Waals surface area contributed by atoms with Crippen LogP contribution in [0.2, 0.25) is 0 Å². The first kappa shape index (κ1) is 11.3. The summed E-state index contributed by atoms with van der Waals surface area (Å²) in [6.45, 7) is 0. The topological polar surface area (TPSA) is 65.6 Å². The average molecular weight is 243 g/mol. The molecule has 0 aliphatic rings. The van der Waals surface area contributed by atoms with E-state index in [0.29, 0.717) is 12.1 Å². The highest BCUT2D eigenvalue weighted by Gasteiger charge is 2.32. The van der Waals surface area contributed by atoms with E-state index in [0.717, 1.165) is 0 Å². The van der Waals surface area contributed by atoms with Crippen molar-refractivity contribution in [3.8, 4) is 6.07 Å². The number of halogens is 4. The van der Waals surface area contributed by atoms with Crippen molar-refractivity contribution >= 4 is 16.7 Å². The number of rotatable bonds is 0. The van der Waals surface area contributed by atoms with Gasteiger partial charge >= 0.3 is 6.18 Å². The van der Waals surface area contributed by atoms with E-state index in [9.17, 15) is 17.6 Å². The standard InChI is InChI=1S/C10H5F4N3/c11-7-2-4(10(12,13)14)1-5-6(3-15)9(16)17-8(5)7/h1-2,17H,16H2. The van der Waals surface area contributed by atoms with Gasteiger partial charge in [-0.05, 0) is 12.1 Å². The van der Waals surface area contributed by atoms with Gasteiger partial charge in [-0.25, -0.2) is 4.39 Å². The van der Waals surface area contributed by atoms with E-state index in [1.807, 2.05) is 0 Å². The number of H-pyrrole nitrogens is 1. The number of aromatic nitrogens is 1. The summed E-state index contributed by atoms with van der Waals surface area (Å²) in [7, 11) is 0. The van der Waals surface area contributed by atoms with Gasteiger partial charge < -0.3 is 10.7 Å².